The molecule has 3 aromatic rings. The number of aryl methyl sites for hydroxylation is 2. The molecular formula is C15H16N6O2S. The third kappa shape index (κ3) is 3.11. The van der Waals surface area contributed by atoms with Gasteiger partial charge >= 0.3 is 0 Å². The van der Waals surface area contributed by atoms with Crippen LogP contribution in [0, 0.1) is 13.8 Å². The molecule has 0 fully saturated rings. The summed E-state index contributed by atoms with van der Waals surface area (Å²) >= 11 is 1.40. The van der Waals surface area contributed by atoms with Gasteiger partial charge in [0.15, 0.2) is 10.9 Å². The van der Waals surface area contributed by atoms with Crippen LogP contribution >= 0.6 is 11.3 Å². The Kier molecular flexibility index (Phi) is 4.26. The third-order valence-corrected chi connectivity index (χ3v) is 4.54. The van der Waals surface area contributed by atoms with E-state index in [0.29, 0.717) is 10.9 Å². The molecule has 0 saturated heterocycles. The van der Waals surface area contributed by atoms with Gasteiger partial charge in [0.05, 0.1) is 5.69 Å². The number of nitrogens with zero attached hydrogens (tertiary/aromatic N) is 5. The predicted molar refractivity (Wildman–Crippen MR) is 90.5 cm³/mol. The summed E-state index contributed by atoms with van der Waals surface area (Å²) in [7, 11) is 0. The number of anilines is 1. The summed E-state index contributed by atoms with van der Waals surface area (Å²) in [5.74, 6) is 0.108. The molecule has 1 amide bonds. The van der Waals surface area contributed by atoms with Crippen molar-refractivity contribution in [3.8, 4) is 5.82 Å². The minimum atomic E-state index is -0.780. The molecule has 3 rings (SSSR count). The van der Waals surface area contributed by atoms with Crippen LogP contribution in [0.25, 0.3) is 5.82 Å². The van der Waals surface area contributed by atoms with E-state index in [1.807, 2.05) is 13.8 Å². The highest BCUT2D eigenvalue weighted by atomic mass is 32.1. The van der Waals surface area contributed by atoms with E-state index in [1.54, 1.807) is 31.5 Å². The van der Waals surface area contributed by atoms with Crippen molar-refractivity contribution in [2.75, 3.05) is 5.32 Å². The lowest BCUT2D eigenvalue weighted by atomic mass is 10.3. The molecule has 8 nitrogen and oxygen atoms in total. The van der Waals surface area contributed by atoms with Gasteiger partial charge in [0.2, 0.25) is 0 Å². The molecule has 1 unspecified atom stereocenters. The second-order valence-corrected chi connectivity index (χ2v) is 6.45. The Bertz CT molecular complexity index is 908. The number of aromatic nitrogens is 5. The molecule has 1 atom stereocenters. The Morgan fingerprint density at radius 3 is 2.75 bits per heavy atom. The maximum Gasteiger partial charge on any atom is 0.267 e. The molecule has 3 aromatic heterocycles. The van der Waals surface area contributed by atoms with Crippen molar-refractivity contribution in [2.24, 2.45) is 0 Å². The average molecular weight is 344 g/mol. The number of carbonyl (C=O) groups excluding carboxylic acids is 1. The number of nitrogens with one attached hydrogen (secondary N) is 1. The van der Waals surface area contributed by atoms with E-state index in [2.05, 4.69) is 20.5 Å². The molecule has 0 aromatic carbocycles. The highest BCUT2D eigenvalue weighted by Gasteiger charge is 2.19. The van der Waals surface area contributed by atoms with E-state index >= 15 is 0 Å². The van der Waals surface area contributed by atoms with Crippen molar-refractivity contribution in [1.82, 2.24) is 24.5 Å². The fourth-order valence-corrected chi connectivity index (χ4v) is 2.88. The molecule has 0 saturated carbocycles. The smallest absolute Gasteiger partial charge is 0.267 e. The summed E-state index contributed by atoms with van der Waals surface area (Å²) < 4.78 is 2.66. The molecule has 9 heteroatoms. The lowest BCUT2D eigenvalue weighted by molar-refractivity contribution is -0.119. The van der Waals surface area contributed by atoms with Gasteiger partial charge in [-0.3, -0.25) is 9.59 Å². The number of amides is 1. The van der Waals surface area contributed by atoms with Crippen LogP contribution in [-0.2, 0) is 4.79 Å². The maximum absolute atomic E-state index is 12.4. The fraction of sp³-hybridized carbons (Fsp3) is 0.267. The summed E-state index contributed by atoms with van der Waals surface area (Å²) in [5.41, 5.74) is 0.513. The number of thiazole rings is 1. The first-order chi connectivity index (χ1) is 11.5. The fourth-order valence-electron chi connectivity index (χ4n) is 2.07. The summed E-state index contributed by atoms with van der Waals surface area (Å²) in [6, 6.07) is 3.90. The zero-order valence-corrected chi connectivity index (χ0v) is 14.2. The van der Waals surface area contributed by atoms with Crippen LogP contribution < -0.4 is 10.9 Å². The number of carbonyl (C=O) groups is 1. The van der Waals surface area contributed by atoms with Gasteiger partial charge in [-0.05, 0) is 32.9 Å². The first-order valence-corrected chi connectivity index (χ1v) is 8.12. The van der Waals surface area contributed by atoms with E-state index < -0.39 is 6.04 Å². The molecular weight excluding hydrogens is 328 g/mol. The highest BCUT2D eigenvalue weighted by molar-refractivity contribution is 7.15. The average Bonchev–Trinajstić information content (AvgIpc) is 3.18. The first kappa shape index (κ1) is 16.1. The molecule has 0 aliphatic heterocycles. The minimum absolute atomic E-state index is 0.351. The van der Waals surface area contributed by atoms with E-state index in [0.717, 1.165) is 15.3 Å². The number of rotatable bonds is 4. The third-order valence-electron chi connectivity index (χ3n) is 3.56. The van der Waals surface area contributed by atoms with Crippen molar-refractivity contribution < 1.29 is 4.79 Å². The lowest BCUT2D eigenvalue weighted by Crippen LogP contribution is -2.33. The van der Waals surface area contributed by atoms with Crippen molar-refractivity contribution in [2.45, 2.75) is 26.8 Å². The van der Waals surface area contributed by atoms with Gasteiger partial charge in [-0.15, -0.1) is 16.4 Å². The zero-order chi connectivity index (χ0) is 17.3. The zero-order valence-electron chi connectivity index (χ0n) is 13.4. The summed E-state index contributed by atoms with van der Waals surface area (Å²) in [6.07, 6.45) is 3.32. The second kappa shape index (κ2) is 6.36. The highest BCUT2D eigenvalue weighted by Crippen LogP contribution is 2.21. The Labute approximate surface area is 141 Å². The van der Waals surface area contributed by atoms with Gasteiger partial charge < -0.3 is 5.32 Å². The molecule has 124 valence electrons. The summed E-state index contributed by atoms with van der Waals surface area (Å²) in [5, 5.41) is 11.5. The standard InChI is InChI=1S/C15H16N6O2S/c1-9-11(3)24-15(17-9)18-14(23)10(2)21-13(22)6-5-12(19-21)20-8-4-7-16-20/h4-8,10H,1-3H3,(H,17,18,23). The summed E-state index contributed by atoms with van der Waals surface area (Å²) in [4.78, 5) is 29.8. The monoisotopic (exact) mass is 344 g/mol. The van der Waals surface area contributed by atoms with Gasteiger partial charge in [-0.2, -0.15) is 5.10 Å². The molecule has 0 bridgehead atoms. The van der Waals surface area contributed by atoms with Crippen molar-refractivity contribution in [1.29, 1.82) is 0 Å². The molecule has 3 heterocycles. The second-order valence-electron chi connectivity index (χ2n) is 5.25. The predicted octanol–water partition coefficient (Wildman–Crippen LogP) is 1.70. The van der Waals surface area contributed by atoms with Crippen LogP contribution in [0.5, 0.6) is 0 Å². The number of hydrogen-bond donors (Lipinski definition) is 1. The SMILES string of the molecule is Cc1nc(NC(=O)C(C)n2nc(-n3cccn3)ccc2=O)sc1C. The van der Waals surface area contributed by atoms with E-state index in [-0.39, 0.29) is 11.5 Å². The van der Waals surface area contributed by atoms with E-state index in [9.17, 15) is 9.59 Å². The van der Waals surface area contributed by atoms with E-state index in [4.69, 9.17) is 0 Å². The molecule has 1 N–H and O–H groups in total. The van der Waals surface area contributed by atoms with E-state index in [1.165, 1.54) is 22.1 Å². The van der Waals surface area contributed by atoms with Crippen molar-refractivity contribution in [3.05, 3.63) is 51.5 Å². The molecule has 0 aliphatic rings. The van der Waals surface area contributed by atoms with Gasteiger partial charge in [-0.25, -0.2) is 14.3 Å². The maximum atomic E-state index is 12.4. The lowest BCUT2D eigenvalue weighted by Gasteiger charge is -2.13. The number of hydrogen-bond acceptors (Lipinski definition) is 6. The summed E-state index contributed by atoms with van der Waals surface area (Å²) in [6.45, 7) is 5.43. The largest absolute Gasteiger partial charge is 0.300 e. The molecule has 0 radical (unpaired) electrons. The van der Waals surface area contributed by atoms with Gasteiger partial charge in [-0.1, -0.05) is 0 Å². The minimum Gasteiger partial charge on any atom is -0.300 e. The van der Waals surface area contributed by atoms with Crippen LogP contribution in [0.2, 0.25) is 0 Å². The normalized spacial score (nSPS) is 12.1. The Balaban J connectivity index is 1.86. The van der Waals surface area contributed by atoms with Gasteiger partial charge in [0, 0.05) is 23.3 Å². The van der Waals surface area contributed by atoms with Gasteiger partial charge in [0.1, 0.15) is 6.04 Å². The van der Waals surface area contributed by atoms with Crippen molar-refractivity contribution in [3.63, 3.8) is 0 Å². The van der Waals surface area contributed by atoms with Crippen LogP contribution in [0.4, 0.5) is 5.13 Å². The van der Waals surface area contributed by atoms with Crippen LogP contribution in [0.3, 0.4) is 0 Å². The molecule has 24 heavy (non-hydrogen) atoms. The molecule has 0 spiro atoms. The van der Waals surface area contributed by atoms with Crippen LogP contribution in [0.1, 0.15) is 23.5 Å². The van der Waals surface area contributed by atoms with Crippen LogP contribution in [-0.4, -0.2) is 30.5 Å². The molecule has 0 aliphatic carbocycles. The quantitative estimate of drug-likeness (QED) is 0.777. The van der Waals surface area contributed by atoms with Crippen LogP contribution in [0.15, 0.2) is 35.4 Å². The topological polar surface area (TPSA) is 94.7 Å². The van der Waals surface area contributed by atoms with Gasteiger partial charge in [0.25, 0.3) is 11.5 Å². The van der Waals surface area contributed by atoms with Crippen molar-refractivity contribution >= 4 is 22.4 Å². The first-order valence-electron chi connectivity index (χ1n) is 7.30. The Morgan fingerprint density at radius 1 is 1.33 bits per heavy atom. The Morgan fingerprint density at radius 2 is 2.12 bits per heavy atom. The Hall–Kier alpha value is -2.81.